The first-order valence-electron chi connectivity index (χ1n) is 5.85. The first-order chi connectivity index (χ1) is 8.76. The summed E-state index contributed by atoms with van der Waals surface area (Å²) in [5, 5.41) is 0.964. The van der Waals surface area contributed by atoms with Crippen LogP contribution in [0.2, 0.25) is 0 Å². The maximum absolute atomic E-state index is 5.52. The summed E-state index contributed by atoms with van der Waals surface area (Å²) >= 11 is 1.68. The number of aromatic nitrogens is 3. The lowest BCUT2D eigenvalue weighted by atomic mass is 10.2. The molecule has 3 aromatic rings. The van der Waals surface area contributed by atoms with Gasteiger partial charge in [0.05, 0.1) is 16.5 Å². The van der Waals surface area contributed by atoms with Crippen LogP contribution in [-0.4, -0.2) is 21.1 Å². The highest BCUT2D eigenvalue weighted by atomic mass is 32.1. The molecule has 92 valence electrons. The number of benzene rings is 1. The van der Waals surface area contributed by atoms with E-state index in [9.17, 15) is 0 Å². The number of hydrogen-bond acceptors (Lipinski definition) is 4. The second-order valence-electron chi connectivity index (χ2n) is 4.28. The van der Waals surface area contributed by atoms with Crippen molar-refractivity contribution in [2.45, 2.75) is 13.5 Å². The van der Waals surface area contributed by atoms with Crippen LogP contribution < -0.4 is 5.73 Å². The SMILES string of the molecule is Cc1ccc2nc(-c3cn(CCN)cn3)sc2c1. The Hall–Kier alpha value is -1.72. The Morgan fingerprint density at radius 1 is 1.39 bits per heavy atom. The van der Waals surface area contributed by atoms with Crippen LogP contribution in [-0.2, 0) is 6.54 Å². The molecule has 0 saturated carbocycles. The molecule has 3 rings (SSSR count). The smallest absolute Gasteiger partial charge is 0.144 e. The topological polar surface area (TPSA) is 56.7 Å². The van der Waals surface area contributed by atoms with Gasteiger partial charge in [-0.1, -0.05) is 6.07 Å². The van der Waals surface area contributed by atoms with Crippen LogP contribution in [0, 0.1) is 6.92 Å². The van der Waals surface area contributed by atoms with E-state index in [0.717, 1.165) is 22.8 Å². The second-order valence-corrected chi connectivity index (χ2v) is 5.31. The lowest BCUT2D eigenvalue weighted by Crippen LogP contribution is -2.07. The number of nitrogens with zero attached hydrogens (tertiary/aromatic N) is 3. The highest BCUT2D eigenvalue weighted by Gasteiger charge is 2.08. The Labute approximate surface area is 109 Å². The fraction of sp³-hybridized carbons (Fsp3) is 0.231. The van der Waals surface area contributed by atoms with E-state index in [0.29, 0.717) is 6.54 Å². The monoisotopic (exact) mass is 258 g/mol. The van der Waals surface area contributed by atoms with Gasteiger partial charge >= 0.3 is 0 Å². The highest BCUT2D eigenvalue weighted by Crippen LogP contribution is 2.29. The van der Waals surface area contributed by atoms with E-state index in [4.69, 9.17) is 5.73 Å². The van der Waals surface area contributed by atoms with E-state index >= 15 is 0 Å². The molecule has 0 spiro atoms. The molecule has 0 saturated heterocycles. The van der Waals surface area contributed by atoms with E-state index in [1.807, 2.05) is 10.8 Å². The molecule has 0 aliphatic carbocycles. The van der Waals surface area contributed by atoms with Crippen molar-refractivity contribution in [2.24, 2.45) is 5.73 Å². The number of aryl methyl sites for hydroxylation is 1. The third kappa shape index (κ3) is 2.02. The molecule has 0 unspecified atom stereocenters. The fourth-order valence-corrected chi connectivity index (χ4v) is 2.91. The number of thiazole rings is 1. The van der Waals surface area contributed by atoms with Crippen LogP contribution in [0.1, 0.15) is 5.56 Å². The molecule has 0 amide bonds. The van der Waals surface area contributed by atoms with Gasteiger partial charge in [0.15, 0.2) is 0 Å². The van der Waals surface area contributed by atoms with Crippen LogP contribution in [0.3, 0.4) is 0 Å². The van der Waals surface area contributed by atoms with Crippen LogP contribution in [0.15, 0.2) is 30.7 Å². The first-order valence-corrected chi connectivity index (χ1v) is 6.67. The lowest BCUT2D eigenvalue weighted by molar-refractivity contribution is 0.708. The Morgan fingerprint density at radius 2 is 2.28 bits per heavy atom. The van der Waals surface area contributed by atoms with Crippen molar-refractivity contribution in [2.75, 3.05) is 6.54 Å². The molecule has 2 heterocycles. The molecule has 0 bridgehead atoms. The van der Waals surface area contributed by atoms with Gasteiger partial charge in [-0.05, 0) is 24.6 Å². The molecule has 0 radical (unpaired) electrons. The summed E-state index contributed by atoms with van der Waals surface area (Å²) in [4.78, 5) is 8.99. The Morgan fingerprint density at radius 3 is 3.11 bits per heavy atom. The van der Waals surface area contributed by atoms with E-state index in [1.165, 1.54) is 10.3 Å². The average Bonchev–Trinajstić information content (AvgIpc) is 2.94. The zero-order chi connectivity index (χ0) is 12.5. The molecule has 2 N–H and O–H groups in total. The first kappa shape index (κ1) is 11.4. The average molecular weight is 258 g/mol. The van der Waals surface area contributed by atoms with E-state index in [2.05, 4.69) is 35.1 Å². The number of rotatable bonds is 3. The van der Waals surface area contributed by atoms with E-state index < -0.39 is 0 Å². The maximum atomic E-state index is 5.52. The van der Waals surface area contributed by atoms with Crippen molar-refractivity contribution in [1.82, 2.24) is 14.5 Å². The quantitative estimate of drug-likeness (QED) is 0.785. The third-order valence-corrected chi connectivity index (χ3v) is 3.82. The van der Waals surface area contributed by atoms with Crippen LogP contribution in [0.25, 0.3) is 20.9 Å². The molecular formula is C13H14N4S. The predicted octanol–water partition coefficient (Wildman–Crippen LogP) is 2.43. The summed E-state index contributed by atoms with van der Waals surface area (Å²) in [6.07, 6.45) is 3.80. The van der Waals surface area contributed by atoms with E-state index in [-0.39, 0.29) is 0 Å². The number of fused-ring (bicyclic) bond motifs is 1. The van der Waals surface area contributed by atoms with Crippen molar-refractivity contribution in [3.8, 4) is 10.7 Å². The van der Waals surface area contributed by atoms with Crippen molar-refractivity contribution in [3.05, 3.63) is 36.3 Å². The van der Waals surface area contributed by atoms with Crippen molar-refractivity contribution in [1.29, 1.82) is 0 Å². The predicted molar refractivity (Wildman–Crippen MR) is 74.6 cm³/mol. The van der Waals surface area contributed by atoms with Crippen molar-refractivity contribution in [3.63, 3.8) is 0 Å². The van der Waals surface area contributed by atoms with Crippen molar-refractivity contribution >= 4 is 21.6 Å². The Kier molecular flexibility index (Phi) is 2.85. The number of hydrogen-bond donors (Lipinski definition) is 1. The van der Waals surface area contributed by atoms with Gasteiger partial charge in [-0.2, -0.15) is 0 Å². The standard InChI is InChI=1S/C13H14N4S/c1-9-2-3-10-12(6-9)18-13(16-10)11-7-17(5-4-14)8-15-11/h2-3,6-8H,4-5,14H2,1H3. The molecule has 0 fully saturated rings. The minimum Gasteiger partial charge on any atom is -0.335 e. The summed E-state index contributed by atoms with van der Waals surface area (Å²) in [5.74, 6) is 0. The Bertz CT molecular complexity index is 683. The molecule has 4 nitrogen and oxygen atoms in total. The molecule has 0 aliphatic rings. The molecular weight excluding hydrogens is 244 g/mol. The minimum absolute atomic E-state index is 0.620. The summed E-state index contributed by atoms with van der Waals surface area (Å²) in [5.41, 5.74) is 8.74. The number of imidazole rings is 1. The Balaban J connectivity index is 2.02. The van der Waals surface area contributed by atoms with Crippen LogP contribution in [0.5, 0.6) is 0 Å². The lowest BCUT2D eigenvalue weighted by Gasteiger charge is -1.94. The van der Waals surface area contributed by atoms with Gasteiger partial charge < -0.3 is 10.3 Å². The largest absolute Gasteiger partial charge is 0.335 e. The van der Waals surface area contributed by atoms with Gasteiger partial charge in [0.25, 0.3) is 0 Å². The van der Waals surface area contributed by atoms with Gasteiger partial charge in [-0.15, -0.1) is 11.3 Å². The molecule has 5 heteroatoms. The van der Waals surface area contributed by atoms with Crippen molar-refractivity contribution < 1.29 is 0 Å². The van der Waals surface area contributed by atoms with Gasteiger partial charge in [0, 0.05) is 19.3 Å². The zero-order valence-electron chi connectivity index (χ0n) is 10.1. The highest BCUT2D eigenvalue weighted by molar-refractivity contribution is 7.21. The van der Waals surface area contributed by atoms with Gasteiger partial charge in [-0.25, -0.2) is 9.97 Å². The van der Waals surface area contributed by atoms with E-state index in [1.54, 1.807) is 17.7 Å². The molecule has 18 heavy (non-hydrogen) atoms. The normalized spacial score (nSPS) is 11.2. The summed E-state index contributed by atoms with van der Waals surface area (Å²) in [6.45, 7) is 3.50. The summed E-state index contributed by atoms with van der Waals surface area (Å²) in [7, 11) is 0. The third-order valence-electron chi connectivity index (χ3n) is 2.78. The van der Waals surface area contributed by atoms with Crippen LogP contribution >= 0.6 is 11.3 Å². The number of nitrogens with two attached hydrogens (primary N) is 1. The van der Waals surface area contributed by atoms with Gasteiger partial charge in [-0.3, -0.25) is 0 Å². The maximum Gasteiger partial charge on any atom is 0.144 e. The molecule has 0 aliphatic heterocycles. The van der Waals surface area contributed by atoms with Gasteiger partial charge in [0.1, 0.15) is 10.7 Å². The fourth-order valence-electron chi connectivity index (χ4n) is 1.88. The second kappa shape index (κ2) is 4.51. The minimum atomic E-state index is 0.620. The van der Waals surface area contributed by atoms with Crippen LogP contribution in [0.4, 0.5) is 0 Å². The molecule has 1 aromatic carbocycles. The van der Waals surface area contributed by atoms with Gasteiger partial charge in [0.2, 0.25) is 0 Å². The summed E-state index contributed by atoms with van der Waals surface area (Å²) in [6, 6.07) is 6.30. The molecule has 0 atom stereocenters. The zero-order valence-corrected chi connectivity index (χ0v) is 10.9. The molecule has 2 aromatic heterocycles. The summed E-state index contributed by atoms with van der Waals surface area (Å²) < 4.78 is 3.20.